The van der Waals surface area contributed by atoms with Gasteiger partial charge in [-0.05, 0) is 62.8 Å². The van der Waals surface area contributed by atoms with Crippen molar-refractivity contribution in [2.45, 2.75) is 69.4 Å². The monoisotopic (exact) mass is 370 g/mol. The van der Waals surface area contributed by atoms with Gasteiger partial charge in [0.1, 0.15) is 6.10 Å². The van der Waals surface area contributed by atoms with Crippen LogP contribution in [0.15, 0.2) is 30.3 Å². The lowest BCUT2D eigenvalue weighted by Gasteiger charge is -2.48. The molecule has 5 heteroatoms. The molecule has 146 valence electrons. The molecule has 0 unspecified atom stereocenters. The number of rotatable bonds is 4. The number of nitrogens with one attached hydrogen (secondary N) is 1. The quantitative estimate of drug-likeness (QED) is 0.880. The summed E-state index contributed by atoms with van der Waals surface area (Å²) in [7, 11) is 0. The highest BCUT2D eigenvalue weighted by molar-refractivity contribution is 5.78. The van der Waals surface area contributed by atoms with Gasteiger partial charge in [-0.1, -0.05) is 30.3 Å². The first kappa shape index (κ1) is 18.3. The molecule has 0 radical (unpaired) electrons. The lowest BCUT2D eigenvalue weighted by atomic mass is 9.69. The lowest BCUT2D eigenvalue weighted by molar-refractivity contribution is -0.138. The van der Waals surface area contributed by atoms with Gasteiger partial charge in [0.2, 0.25) is 5.91 Å². The second kappa shape index (κ2) is 7.91. The molecule has 0 bridgehead atoms. The summed E-state index contributed by atoms with van der Waals surface area (Å²) in [5.41, 5.74) is 1.26. The lowest BCUT2D eigenvalue weighted by Crippen LogP contribution is -2.54. The Kier molecular flexibility index (Phi) is 5.37. The molecule has 5 nitrogen and oxygen atoms in total. The Balaban J connectivity index is 1.29. The van der Waals surface area contributed by atoms with E-state index in [2.05, 4.69) is 22.3 Å². The summed E-state index contributed by atoms with van der Waals surface area (Å²) >= 11 is 0. The standard InChI is InChI=1S/C22H30N2O3/c25-20-9-4-8-18-16-19(10-13-22(18)12-5-15-24(20)22)27-21(26)23-14-11-17-6-2-1-3-7-17/h1-3,6-7,18-19H,4-5,8-16H2,(H,23,26)/t18-,19-,22+/m0/s1. The zero-order chi connectivity index (χ0) is 18.7. The molecule has 1 N–H and O–H groups in total. The summed E-state index contributed by atoms with van der Waals surface area (Å²) in [6, 6.07) is 10.1. The highest BCUT2D eigenvalue weighted by Gasteiger charge is 2.52. The van der Waals surface area contributed by atoms with Crippen LogP contribution in [0.3, 0.4) is 0 Å². The maximum Gasteiger partial charge on any atom is 0.407 e. The van der Waals surface area contributed by atoms with Gasteiger partial charge < -0.3 is 15.0 Å². The highest BCUT2D eigenvalue weighted by atomic mass is 16.6. The number of benzene rings is 1. The predicted octanol–water partition coefficient (Wildman–Crippen LogP) is 3.67. The summed E-state index contributed by atoms with van der Waals surface area (Å²) in [6.07, 6.45) is 8.21. The maximum absolute atomic E-state index is 12.5. The Hall–Kier alpha value is -2.04. The van der Waals surface area contributed by atoms with Crippen molar-refractivity contribution in [3.63, 3.8) is 0 Å². The van der Waals surface area contributed by atoms with Crippen molar-refractivity contribution >= 4 is 12.0 Å². The molecule has 1 aromatic carbocycles. The van der Waals surface area contributed by atoms with Crippen LogP contribution in [0.1, 0.15) is 56.9 Å². The minimum atomic E-state index is -0.306. The van der Waals surface area contributed by atoms with E-state index in [9.17, 15) is 9.59 Å². The summed E-state index contributed by atoms with van der Waals surface area (Å²) in [4.78, 5) is 26.9. The first-order valence-electron chi connectivity index (χ1n) is 10.5. The second-order valence-corrected chi connectivity index (χ2v) is 8.31. The SMILES string of the molecule is O=C(NCCc1ccccc1)O[C@H]1CC[C@@]23CCCN2C(=O)CCC[C@H]3C1. The first-order chi connectivity index (χ1) is 13.2. The minimum Gasteiger partial charge on any atom is -0.446 e. The second-order valence-electron chi connectivity index (χ2n) is 8.31. The minimum absolute atomic E-state index is 0.0204. The van der Waals surface area contributed by atoms with Crippen LogP contribution in [-0.2, 0) is 16.0 Å². The fourth-order valence-corrected chi connectivity index (χ4v) is 5.50. The van der Waals surface area contributed by atoms with Crippen molar-refractivity contribution in [3.05, 3.63) is 35.9 Å². The van der Waals surface area contributed by atoms with Gasteiger partial charge in [0, 0.05) is 25.0 Å². The predicted molar refractivity (Wildman–Crippen MR) is 103 cm³/mol. The Bertz CT molecular complexity index is 677. The molecule has 3 atom stereocenters. The molecular formula is C22H30N2O3. The van der Waals surface area contributed by atoms with Crippen LogP contribution in [-0.4, -0.2) is 41.6 Å². The molecule has 1 spiro atoms. The normalized spacial score (nSPS) is 30.2. The average Bonchev–Trinajstić information content (AvgIpc) is 3.04. The van der Waals surface area contributed by atoms with Gasteiger partial charge in [-0.25, -0.2) is 4.79 Å². The van der Waals surface area contributed by atoms with E-state index < -0.39 is 0 Å². The Morgan fingerprint density at radius 1 is 1.19 bits per heavy atom. The summed E-state index contributed by atoms with van der Waals surface area (Å²) < 4.78 is 5.74. The zero-order valence-electron chi connectivity index (χ0n) is 16.0. The zero-order valence-corrected chi connectivity index (χ0v) is 16.0. The van der Waals surface area contributed by atoms with Crippen LogP contribution in [0.5, 0.6) is 0 Å². The van der Waals surface area contributed by atoms with E-state index in [4.69, 9.17) is 4.74 Å². The van der Waals surface area contributed by atoms with Crippen molar-refractivity contribution in [1.82, 2.24) is 10.2 Å². The third-order valence-corrected chi connectivity index (χ3v) is 6.78. The van der Waals surface area contributed by atoms with Crippen molar-refractivity contribution in [2.24, 2.45) is 5.92 Å². The van der Waals surface area contributed by atoms with E-state index in [1.165, 1.54) is 5.56 Å². The van der Waals surface area contributed by atoms with Gasteiger partial charge in [-0.15, -0.1) is 0 Å². The van der Waals surface area contributed by atoms with Crippen molar-refractivity contribution < 1.29 is 14.3 Å². The molecule has 1 aromatic rings. The van der Waals surface area contributed by atoms with Crippen LogP contribution in [0, 0.1) is 5.92 Å². The Morgan fingerprint density at radius 3 is 2.89 bits per heavy atom. The average molecular weight is 370 g/mol. The summed E-state index contributed by atoms with van der Waals surface area (Å²) in [5, 5.41) is 2.89. The van der Waals surface area contributed by atoms with Crippen LogP contribution in [0.25, 0.3) is 0 Å². The molecule has 1 saturated carbocycles. The molecule has 3 fully saturated rings. The van der Waals surface area contributed by atoms with Crippen LogP contribution in [0.4, 0.5) is 4.79 Å². The number of carbonyl (C=O) groups is 2. The number of amides is 2. The third kappa shape index (κ3) is 3.83. The van der Waals surface area contributed by atoms with Crippen molar-refractivity contribution in [3.8, 4) is 0 Å². The van der Waals surface area contributed by atoms with Gasteiger partial charge >= 0.3 is 6.09 Å². The molecular weight excluding hydrogens is 340 g/mol. The van der Waals surface area contributed by atoms with Gasteiger partial charge in [0.25, 0.3) is 0 Å². The fourth-order valence-electron chi connectivity index (χ4n) is 5.50. The van der Waals surface area contributed by atoms with Gasteiger partial charge in [0.05, 0.1) is 0 Å². The van der Waals surface area contributed by atoms with E-state index in [1.807, 2.05) is 18.2 Å². The largest absolute Gasteiger partial charge is 0.446 e. The number of hydrogen-bond acceptors (Lipinski definition) is 3. The molecule has 27 heavy (non-hydrogen) atoms. The van der Waals surface area contributed by atoms with Gasteiger partial charge in [0.15, 0.2) is 0 Å². The van der Waals surface area contributed by atoms with E-state index in [1.54, 1.807) is 0 Å². The number of ether oxygens (including phenoxy) is 1. The Labute approximate surface area is 161 Å². The van der Waals surface area contributed by atoms with Gasteiger partial charge in [-0.2, -0.15) is 0 Å². The molecule has 1 aliphatic carbocycles. The van der Waals surface area contributed by atoms with Gasteiger partial charge in [-0.3, -0.25) is 4.79 Å². The molecule has 3 aliphatic rings. The van der Waals surface area contributed by atoms with Crippen molar-refractivity contribution in [2.75, 3.05) is 13.1 Å². The number of nitrogens with zero attached hydrogens (tertiary/aromatic N) is 1. The number of alkyl carbamates (subject to hydrolysis) is 1. The molecule has 4 rings (SSSR count). The van der Waals surface area contributed by atoms with Crippen molar-refractivity contribution in [1.29, 1.82) is 0 Å². The summed E-state index contributed by atoms with van der Waals surface area (Å²) in [6.45, 7) is 1.51. The van der Waals surface area contributed by atoms with E-state index in [0.29, 0.717) is 24.8 Å². The van der Waals surface area contributed by atoms with E-state index in [0.717, 1.165) is 57.9 Å². The van der Waals surface area contributed by atoms with E-state index in [-0.39, 0.29) is 17.7 Å². The molecule has 2 heterocycles. The maximum atomic E-state index is 12.5. The van der Waals surface area contributed by atoms with E-state index >= 15 is 0 Å². The molecule has 2 amide bonds. The Morgan fingerprint density at radius 2 is 2.04 bits per heavy atom. The topological polar surface area (TPSA) is 58.6 Å². The van der Waals surface area contributed by atoms with Crippen LogP contribution >= 0.6 is 0 Å². The summed E-state index contributed by atoms with van der Waals surface area (Å²) in [5.74, 6) is 0.815. The van der Waals surface area contributed by atoms with Crippen LogP contribution < -0.4 is 5.32 Å². The fraction of sp³-hybridized carbons (Fsp3) is 0.636. The smallest absolute Gasteiger partial charge is 0.407 e. The number of hydrogen-bond donors (Lipinski definition) is 1. The first-order valence-corrected chi connectivity index (χ1v) is 10.5. The highest BCUT2D eigenvalue weighted by Crippen LogP contribution is 2.49. The third-order valence-electron chi connectivity index (χ3n) is 6.78. The number of carbonyl (C=O) groups excluding carboxylic acids is 2. The van der Waals surface area contributed by atoms with Crippen LogP contribution in [0.2, 0.25) is 0 Å². The molecule has 0 aromatic heterocycles. The molecule has 2 saturated heterocycles. The molecule has 2 aliphatic heterocycles.